The summed E-state index contributed by atoms with van der Waals surface area (Å²) < 4.78 is 5.56. The van der Waals surface area contributed by atoms with Gasteiger partial charge in [-0.25, -0.2) is 0 Å². The van der Waals surface area contributed by atoms with Crippen molar-refractivity contribution in [3.63, 3.8) is 0 Å². The summed E-state index contributed by atoms with van der Waals surface area (Å²) in [6.07, 6.45) is 8.33. The van der Waals surface area contributed by atoms with E-state index >= 15 is 0 Å². The minimum atomic E-state index is 0.575. The Bertz CT molecular complexity index is 1000. The van der Waals surface area contributed by atoms with Crippen molar-refractivity contribution in [2.45, 2.75) is 38.1 Å². The van der Waals surface area contributed by atoms with E-state index in [2.05, 4.69) is 58.8 Å². The second kappa shape index (κ2) is 7.48. The SMILES string of the molecule is COc1cccc2c3c([nH]c12)CCC(CC1CC(c2ccccc2)=CCN1)C3. The molecule has 3 heteroatoms. The third kappa shape index (κ3) is 3.24. The van der Waals surface area contributed by atoms with Gasteiger partial charge >= 0.3 is 0 Å². The van der Waals surface area contributed by atoms with E-state index in [4.69, 9.17) is 4.74 Å². The third-order valence-electron chi connectivity index (χ3n) is 6.49. The van der Waals surface area contributed by atoms with Gasteiger partial charge in [0, 0.05) is 23.7 Å². The molecule has 0 radical (unpaired) electrons. The Morgan fingerprint density at radius 1 is 1.04 bits per heavy atom. The summed E-state index contributed by atoms with van der Waals surface area (Å²) in [4.78, 5) is 3.64. The number of methoxy groups -OCH3 is 1. The van der Waals surface area contributed by atoms with Crippen molar-refractivity contribution >= 4 is 16.5 Å². The highest BCUT2D eigenvalue weighted by molar-refractivity contribution is 5.89. The lowest BCUT2D eigenvalue weighted by atomic mass is 9.80. The van der Waals surface area contributed by atoms with Gasteiger partial charge in [0.15, 0.2) is 0 Å². The van der Waals surface area contributed by atoms with Crippen molar-refractivity contribution in [2.75, 3.05) is 13.7 Å². The van der Waals surface area contributed by atoms with E-state index in [1.807, 2.05) is 6.07 Å². The van der Waals surface area contributed by atoms with E-state index in [1.165, 1.54) is 52.6 Å². The average Bonchev–Trinajstić information content (AvgIpc) is 3.13. The topological polar surface area (TPSA) is 37.0 Å². The summed E-state index contributed by atoms with van der Waals surface area (Å²) in [7, 11) is 1.75. The molecule has 1 aliphatic heterocycles. The maximum atomic E-state index is 5.56. The van der Waals surface area contributed by atoms with Crippen LogP contribution in [0.2, 0.25) is 0 Å². The van der Waals surface area contributed by atoms with Gasteiger partial charge in [-0.05, 0) is 60.8 Å². The number of nitrogens with one attached hydrogen (secondary N) is 2. The predicted octanol–water partition coefficient (Wildman–Crippen LogP) is 5.12. The molecule has 2 N–H and O–H groups in total. The number of para-hydroxylation sites is 1. The number of hydrogen-bond acceptors (Lipinski definition) is 2. The van der Waals surface area contributed by atoms with Crippen LogP contribution in [-0.2, 0) is 12.8 Å². The van der Waals surface area contributed by atoms with Crippen molar-refractivity contribution in [2.24, 2.45) is 5.92 Å². The van der Waals surface area contributed by atoms with Gasteiger partial charge in [0.1, 0.15) is 5.75 Å². The molecule has 3 aromatic rings. The molecule has 2 atom stereocenters. The van der Waals surface area contributed by atoms with Gasteiger partial charge in [0.2, 0.25) is 0 Å². The minimum absolute atomic E-state index is 0.575. The molecule has 0 saturated heterocycles. The van der Waals surface area contributed by atoms with E-state index in [9.17, 15) is 0 Å². The fourth-order valence-corrected chi connectivity index (χ4v) is 5.08. The summed E-state index contributed by atoms with van der Waals surface area (Å²) >= 11 is 0. The van der Waals surface area contributed by atoms with Gasteiger partial charge in [0.05, 0.1) is 12.6 Å². The molecule has 3 nitrogen and oxygen atoms in total. The molecule has 0 bridgehead atoms. The predicted molar refractivity (Wildman–Crippen MR) is 116 cm³/mol. The van der Waals surface area contributed by atoms with E-state index in [-0.39, 0.29) is 0 Å². The first-order valence-corrected chi connectivity index (χ1v) is 10.5. The molecule has 2 heterocycles. The summed E-state index contributed by atoms with van der Waals surface area (Å²) in [5, 5.41) is 5.08. The summed E-state index contributed by atoms with van der Waals surface area (Å²) in [5.41, 5.74) is 6.97. The number of rotatable bonds is 4. The van der Waals surface area contributed by atoms with Gasteiger partial charge in [-0.15, -0.1) is 0 Å². The Morgan fingerprint density at radius 3 is 2.79 bits per heavy atom. The molecular weight excluding hydrogens is 344 g/mol. The standard InChI is InChI=1S/C25H28N2O/c1-28-24-9-5-8-21-22-15-17(10-11-23(22)27-25(21)24)14-20-16-19(12-13-26-20)18-6-3-2-4-7-18/h2-9,12,17,20,26-27H,10-11,13-16H2,1H3. The van der Waals surface area contributed by atoms with E-state index in [0.717, 1.165) is 31.1 Å². The highest BCUT2D eigenvalue weighted by Gasteiger charge is 2.27. The van der Waals surface area contributed by atoms with Crippen LogP contribution in [0.1, 0.15) is 36.1 Å². The summed E-state index contributed by atoms with van der Waals surface area (Å²) in [6, 6.07) is 17.8. The molecular formula is C25H28N2O. The molecule has 28 heavy (non-hydrogen) atoms. The Hall–Kier alpha value is -2.52. The largest absolute Gasteiger partial charge is 0.495 e. The summed E-state index contributed by atoms with van der Waals surface area (Å²) in [5.74, 6) is 1.69. The first kappa shape index (κ1) is 17.6. The van der Waals surface area contributed by atoms with Crippen LogP contribution in [-0.4, -0.2) is 24.7 Å². The molecule has 0 saturated carbocycles. The zero-order valence-electron chi connectivity index (χ0n) is 16.5. The van der Waals surface area contributed by atoms with Gasteiger partial charge in [-0.3, -0.25) is 0 Å². The first-order valence-electron chi connectivity index (χ1n) is 10.5. The fourth-order valence-electron chi connectivity index (χ4n) is 5.08. The smallest absolute Gasteiger partial charge is 0.142 e. The Kier molecular flexibility index (Phi) is 4.69. The van der Waals surface area contributed by atoms with Crippen molar-refractivity contribution in [3.8, 4) is 5.75 Å². The molecule has 5 rings (SSSR count). The highest BCUT2D eigenvalue weighted by Crippen LogP contribution is 2.37. The Labute approximate surface area is 166 Å². The molecule has 144 valence electrons. The van der Waals surface area contributed by atoms with Crippen LogP contribution in [0, 0.1) is 5.92 Å². The number of ether oxygens (including phenoxy) is 1. The average molecular weight is 373 g/mol. The maximum Gasteiger partial charge on any atom is 0.142 e. The lowest BCUT2D eigenvalue weighted by molar-refractivity contribution is 0.356. The lowest BCUT2D eigenvalue weighted by Gasteiger charge is -2.30. The van der Waals surface area contributed by atoms with Crippen LogP contribution in [0.4, 0.5) is 0 Å². The minimum Gasteiger partial charge on any atom is -0.495 e. The molecule has 1 aromatic heterocycles. The number of aryl methyl sites for hydroxylation is 1. The Morgan fingerprint density at radius 2 is 1.93 bits per heavy atom. The zero-order valence-corrected chi connectivity index (χ0v) is 16.5. The van der Waals surface area contributed by atoms with Crippen LogP contribution < -0.4 is 10.1 Å². The number of fused-ring (bicyclic) bond motifs is 3. The van der Waals surface area contributed by atoms with Crippen molar-refractivity contribution in [1.29, 1.82) is 0 Å². The van der Waals surface area contributed by atoms with E-state index in [0.29, 0.717) is 6.04 Å². The van der Waals surface area contributed by atoms with Crippen molar-refractivity contribution < 1.29 is 4.74 Å². The monoisotopic (exact) mass is 372 g/mol. The highest BCUT2D eigenvalue weighted by atomic mass is 16.5. The maximum absolute atomic E-state index is 5.56. The van der Waals surface area contributed by atoms with Crippen LogP contribution in [0.15, 0.2) is 54.6 Å². The normalized spacial score (nSPS) is 22.0. The van der Waals surface area contributed by atoms with Gasteiger partial charge in [0.25, 0.3) is 0 Å². The van der Waals surface area contributed by atoms with Crippen LogP contribution >= 0.6 is 0 Å². The second-order valence-corrected chi connectivity index (χ2v) is 8.21. The molecule has 2 unspecified atom stereocenters. The molecule has 2 aromatic carbocycles. The van der Waals surface area contributed by atoms with Crippen molar-refractivity contribution in [3.05, 3.63) is 71.4 Å². The third-order valence-corrected chi connectivity index (χ3v) is 6.49. The Balaban J connectivity index is 1.31. The molecule has 0 amide bonds. The van der Waals surface area contributed by atoms with E-state index < -0.39 is 0 Å². The van der Waals surface area contributed by atoms with Crippen LogP contribution in [0.3, 0.4) is 0 Å². The van der Waals surface area contributed by atoms with Crippen LogP contribution in [0.5, 0.6) is 5.75 Å². The van der Waals surface area contributed by atoms with Gasteiger partial charge < -0.3 is 15.0 Å². The molecule has 1 aliphatic carbocycles. The second-order valence-electron chi connectivity index (χ2n) is 8.21. The van der Waals surface area contributed by atoms with E-state index in [1.54, 1.807) is 7.11 Å². The molecule has 2 aliphatic rings. The quantitative estimate of drug-likeness (QED) is 0.667. The number of aromatic nitrogens is 1. The number of benzene rings is 2. The lowest BCUT2D eigenvalue weighted by Crippen LogP contribution is -2.35. The summed E-state index contributed by atoms with van der Waals surface area (Å²) in [6.45, 7) is 0.983. The van der Waals surface area contributed by atoms with Crippen LogP contribution in [0.25, 0.3) is 16.5 Å². The first-order chi connectivity index (χ1) is 13.8. The molecule has 0 spiro atoms. The van der Waals surface area contributed by atoms with Crippen molar-refractivity contribution in [1.82, 2.24) is 10.3 Å². The number of aromatic amines is 1. The van der Waals surface area contributed by atoms with Gasteiger partial charge in [-0.1, -0.05) is 48.5 Å². The molecule has 0 fully saturated rings. The number of H-pyrrole nitrogens is 1. The zero-order chi connectivity index (χ0) is 18.9. The van der Waals surface area contributed by atoms with Gasteiger partial charge in [-0.2, -0.15) is 0 Å². The fraction of sp³-hybridized carbons (Fsp3) is 0.360. The number of hydrogen-bond donors (Lipinski definition) is 2.